The molecule has 1 atom stereocenters. The van der Waals surface area contributed by atoms with E-state index in [2.05, 4.69) is 15.6 Å². The normalized spacial score (nSPS) is 17.7. The Morgan fingerprint density at radius 2 is 2.48 bits per heavy atom. The molecule has 1 aromatic rings. The van der Waals surface area contributed by atoms with Crippen LogP contribution >= 0.6 is 0 Å². The molecule has 0 saturated carbocycles. The van der Waals surface area contributed by atoms with Crippen LogP contribution < -0.4 is 10.6 Å². The van der Waals surface area contributed by atoms with Gasteiger partial charge in [0.15, 0.2) is 0 Å². The molecule has 1 aliphatic rings. The highest BCUT2D eigenvalue weighted by atomic mass is 16.5. The van der Waals surface area contributed by atoms with Crippen molar-refractivity contribution in [1.29, 1.82) is 0 Å². The fourth-order valence-electron chi connectivity index (χ4n) is 2.22. The van der Waals surface area contributed by atoms with E-state index in [0.29, 0.717) is 24.5 Å². The lowest BCUT2D eigenvalue weighted by atomic mass is 10.2. The number of hydrogen-bond acceptors (Lipinski definition) is 5. The van der Waals surface area contributed by atoms with Gasteiger partial charge in [0.05, 0.1) is 6.10 Å². The van der Waals surface area contributed by atoms with Crippen LogP contribution in [0.4, 0.5) is 5.82 Å². The second-order valence-electron chi connectivity index (χ2n) is 5.05. The van der Waals surface area contributed by atoms with Gasteiger partial charge in [-0.25, -0.2) is 4.98 Å². The summed E-state index contributed by atoms with van der Waals surface area (Å²) in [6.45, 7) is 2.83. The summed E-state index contributed by atoms with van der Waals surface area (Å²) >= 11 is 0. The number of anilines is 1. The smallest absolute Gasteiger partial charge is 0.251 e. The molecule has 1 amide bonds. The number of methoxy groups -OCH3 is 1. The first kappa shape index (κ1) is 15.7. The highest BCUT2D eigenvalue weighted by Gasteiger charge is 2.16. The highest BCUT2D eigenvalue weighted by molar-refractivity contribution is 5.94. The van der Waals surface area contributed by atoms with Gasteiger partial charge in [0.25, 0.3) is 5.91 Å². The minimum absolute atomic E-state index is 0.0900. The molecule has 2 N–H and O–H groups in total. The van der Waals surface area contributed by atoms with Crippen molar-refractivity contribution < 1.29 is 14.3 Å². The van der Waals surface area contributed by atoms with Crippen molar-refractivity contribution in [2.24, 2.45) is 0 Å². The third-order valence-corrected chi connectivity index (χ3v) is 3.37. The molecule has 1 aliphatic heterocycles. The molecule has 0 spiro atoms. The number of rotatable bonds is 8. The van der Waals surface area contributed by atoms with E-state index in [4.69, 9.17) is 9.47 Å². The number of carbonyl (C=O) groups excluding carboxylic acids is 1. The monoisotopic (exact) mass is 293 g/mol. The lowest BCUT2D eigenvalue weighted by Crippen LogP contribution is -2.31. The summed E-state index contributed by atoms with van der Waals surface area (Å²) in [5.74, 6) is 0.615. The molecule has 1 saturated heterocycles. The number of carbonyl (C=O) groups is 1. The summed E-state index contributed by atoms with van der Waals surface area (Å²) in [6, 6.07) is 3.48. The molecule has 0 bridgehead atoms. The lowest BCUT2D eigenvalue weighted by Gasteiger charge is -2.11. The fraction of sp³-hybridized carbons (Fsp3) is 0.600. The van der Waals surface area contributed by atoms with E-state index in [-0.39, 0.29) is 12.0 Å². The summed E-state index contributed by atoms with van der Waals surface area (Å²) in [5, 5.41) is 6.08. The summed E-state index contributed by atoms with van der Waals surface area (Å²) in [5.41, 5.74) is 0.609. The van der Waals surface area contributed by atoms with E-state index < -0.39 is 0 Å². The van der Waals surface area contributed by atoms with E-state index in [9.17, 15) is 4.79 Å². The Hall–Kier alpha value is -1.66. The van der Waals surface area contributed by atoms with Crippen LogP contribution in [0.15, 0.2) is 18.3 Å². The minimum atomic E-state index is -0.0900. The maximum absolute atomic E-state index is 12.1. The molecule has 21 heavy (non-hydrogen) atoms. The molecule has 6 heteroatoms. The van der Waals surface area contributed by atoms with E-state index >= 15 is 0 Å². The molecule has 0 aliphatic carbocycles. The Balaban J connectivity index is 1.79. The van der Waals surface area contributed by atoms with Gasteiger partial charge in [-0.3, -0.25) is 4.79 Å². The molecule has 1 fully saturated rings. The molecule has 6 nitrogen and oxygen atoms in total. The third-order valence-electron chi connectivity index (χ3n) is 3.37. The molecule has 0 aromatic carbocycles. The second-order valence-corrected chi connectivity index (χ2v) is 5.05. The molecule has 0 radical (unpaired) electrons. The quantitative estimate of drug-likeness (QED) is 0.710. The van der Waals surface area contributed by atoms with Crippen LogP contribution in [-0.2, 0) is 9.47 Å². The van der Waals surface area contributed by atoms with Gasteiger partial charge in [-0.2, -0.15) is 0 Å². The lowest BCUT2D eigenvalue weighted by molar-refractivity contribution is 0.0857. The van der Waals surface area contributed by atoms with E-state index in [1.54, 1.807) is 25.4 Å². The Morgan fingerprint density at radius 1 is 1.57 bits per heavy atom. The minimum Gasteiger partial charge on any atom is -0.385 e. The SMILES string of the molecule is COCCCNc1cc(C(=O)NCC2CCCO2)ccn1. The molecule has 2 heterocycles. The summed E-state index contributed by atoms with van der Waals surface area (Å²) in [7, 11) is 1.68. The number of pyridine rings is 1. The van der Waals surface area contributed by atoms with Gasteiger partial charge in [-0.1, -0.05) is 0 Å². The zero-order valence-electron chi connectivity index (χ0n) is 12.4. The van der Waals surface area contributed by atoms with Crippen LogP contribution in [0.2, 0.25) is 0 Å². The van der Waals surface area contributed by atoms with Crippen molar-refractivity contribution in [3.05, 3.63) is 23.9 Å². The first-order chi connectivity index (χ1) is 10.3. The van der Waals surface area contributed by atoms with Gasteiger partial charge >= 0.3 is 0 Å². The van der Waals surface area contributed by atoms with Gasteiger partial charge < -0.3 is 20.1 Å². The number of hydrogen-bond donors (Lipinski definition) is 2. The highest BCUT2D eigenvalue weighted by Crippen LogP contribution is 2.11. The standard InChI is InChI=1S/C15H23N3O3/c1-20-8-3-6-16-14-10-12(5-7-17-14)15(19)18-11-13-4-2-9-21-13/h5,7,10,13H,2-4,6,8-9,11H2,1H3,(H,16,17)(H,18,19). The number of nitrogens with zero attached hydrogens (tertiary/aromatic N) is 1. The van der Waals surface area contributed by atoms with Crippen LogP contribution in [0.5, 0.6) is 0 Å². The van der Waals surface area contributed by atoms with Crippen molar-refractivity contribution in [3.8, 4) is 0 Å². The van der Waals surface area contributed by atoms with E-state index in [1.807, 2.05) is 0 Å². The largest absolute Gasteiger partial charge is 0.385 e. The fourth-order valence-corrected chi connectivity index (χ4v) is 2.22. The Kier molecular flexibility index (Phi) is 6.43. The molecule has 2 rings (SSSR count). The molecular weight excluding hydrogens is 270 g/mol. The van der Waals surface area contributed by atoms with Gasteiger partial charge in [0, 0.05) is 45.2 Å². The van der Waals surface area contributed by atoms with Gasteiger partial charge in [0.2, 0.25) is 0 Å². The van der Waals surface area contributed by atoms with E-state index in [1.165, 1.54) is 0 Å². The van der Waals surface area contributed by atoms with Crippen molar-refractivity contribution in [2.75, 3.05) is 38.7 Å². The average molecular weight is 293 g/mol. The topological polar surface area (TPSA) is 72.5 Å². The van der Waals surface area contributed by atoms with E-state index in [0.717, 1.165) is 32.4 Å². The Labute approximate surface area is 125 Å². The maximum Gasteiger partial charge on any atom is 0.251 e. The Morgan fingerprint density at radius 3 is 3.24 bits per heavy atom. The predicted octanol–water partition coefficient (Wildman–Crippen LogP) is 1.44. The first-order valence-corrected chi connectivity index (χ1v) is 7.38. The number of aromatic nitrogens is 1. The van der Waals surface area contributed by atoms with Crippen molar-refractivity contribution in [3.63, 3.8) is 0 Å². The third kappa shape index (κ3) is 5.32. The zero-order chi connectivity index (χ0) is 14.9. The average Bonchev–Trinajstić information content (AvgIpc) is 3.03. The van der Waals surface area contributed by atoms with Crippen molar-refractivity contribution in [1.82, 2.24) is 10.3 Å². The van der Waals surface area contributed by atoms with Crippen LogP contribution in [0.25, 0.3) is 0 Å². The van der Waals surface area contributed by atoms with Gasteiger partial charge in [-0.05, 0) is 31.4 Å². The summed E-state index contributed by atoms with van der Waals surface area (Å²) < 4.78 is 10.5. The van der Waals surface area contributed by atoms with Crippen LogP contribution in [0, 0.1) is 0 Å². The Bertz CT molecular complexity index is 448. The predicted molar refractivity (Wildman–Crippen MR) is 80.5 cm³/mol. The summed E-state index contributed by atoms with van der Waals surface area (Å²) in [6.07, 6.45) is 4.78. The van der Waals surface area contributed by atoms with Crippen LogP contribution in [-0.4, -0.2) is 50.4 Å². The summed E-state index contributed by atoms with van der Waals surface area (Å²) in [4.78, 5) is 16.3. The molecular formula is C15H23N3O3. The molecule has 1 aromatic heterocycles. The number of amides is 1. The zero-order valence-corrected chi connectivity index (χ0v) is 12.4. The molecule has 1 unspecified atom stereocenters. The first-order valence-electron chi connectivity index (χ1n) is 7.38. The van der Waals surface area contributed by atoms with Gasteiger partial charge in [-0.15, -0.1) is 0 Å². The van der Waals surface area contributed by atoms with Crippen molar-refractivity contribution in [2.45, 2.75) is 25.4 Å². The van der Waals surface area contributed by atoms with Gasteiger partial charge in [0.1, 0.15) is 5.82 Å². The van der Waals surface area contributed by atoms with Crippen LogP contribution in [0.1, 0.15) is 29.6 Å². The number of nitrogens with one attached hydrogen (secondary N) is 2. The second kappa shape index (κ2) is 8.59. The molecule has 116 valence electrons. The van der Waals surface area contributed by atoms with Crippen LogP contribution in [0.3, 0.4) is 0 Å². The number of ether oxygens (including phenoxy) is 2. The maximum atomic E-state index is 12.1. The van der Waals surface area contributed by atoms with Crippen molar-refractivity contribution >= 4 is 11.7 Å².